The monoisotopic (exact) mass is 282 g/mol. The van der Waals surface area contributed by atoms with Crippen molar-refractivity contribution >= 4 is 0 Å². The molecule has 2 nitrogen and oxygen atoms in total. The summed E-state index contributed by atoms with van der Waals surface area (Å²) >= 11 is 0. The number of phenolic OH excluding ortho intramolecular Hbond substituents is 2. The normalized spacial score (nSPS) is 16.0. The van der Waals surface area contributed by atoms with Gasteiger partial charge in [-0.05, 0) is 36.8 Å². The van der Waals surface area contributed by atoms with Crippen molar-refractivity contribution in [1.29, 1.82) is 0 Å². The van der Waals surface area contributed by atoms with E-state index in [9.17, 15) is 10.2 Å². The lowest BCUT2D eigenvalue weighted by molar-refractivity contribution is 0.415. The SMILES string of the molecule is Cc1cccc(-c2cccc(C3CCCCC3)c2O)c1O. The van der Waals surface area contributed by atoms with Gasteiger partial charge in [-0.2, -0.15) is 0 Å². The van der Waals surface area contributed by atoms with E-state index in [0.29, 0.717) is 17.2 Å². The van der Waals surface area contributed by atoms with E-state index in [1.54, 1.807) is 0 Å². The van der Waals surface area contributed by atoms with Gasteiger partial charge in [0.2, 0.25) is 0 Å². The highest BCUT2D eigenvalue weighted by atomic mass is 16.3. The zero-order chi connectivity index (χ0) is 14.8. The number of hydrogen-bond acceptors (Lipinski definition) is 2. The fraction of sp³-hybridized carbons (Fsp3) is 0.368. The van der Waals surface area contributed by atoms with E-state index in [-0.39, 0.29) is 5.75 Å². The van der Waals surface area contributed by atoms with Crippen LogP contribution in [0.1, 0.15) is 49.1 Å². The molecule has 2 heteroatoms. The van der Waals surface area contributed by atoms with Crippen LogP contribution in [-0.2, 0) is 0 Å². The van der Waals surface area contributed by atoms with E-state index in [1.165, 1.54) is 19.3 Å². The molecule has 3 rings (SSSR count). The Labute approximate surface area is 126 Å². The maximum Gasteiger partial charge on any atom is 0.127 e. The van der Waals surface area contributed by atoms with Crippen LogP contribution in [0.4, 0.5) is 0 Å². The lowest BCUT2D eigenvalue weighted by Gasteiger charge is -2.24. The van der Waals surface area contributed by atoms with E-state index in [1.807, 2.05) is 43.3 Å². The van der Waals surface area contributed by atoms with Crippen molar-refractivity contribution in [3.63, 3.8) is 0 Å². The molecule has 2 aromatic carbocycles. The van der Waals surface area contributed by atoms with Gasteiger partial charge < -0.3 is 10.2 Å². The number of rotatable bonds is 2. The van der Waals surface area contributed by atoms with E-state index >= 15 is 0 Å². The van der Waals surface area contributed by atoms with Gasteiger partial charge in [-0.3, -0.25) is 0 Å². The fourth-order valence-corrected chi connectivity index (χ4v) is 3.40. The molecule has 0 aliphatic heterocycles. The second-order valence-electron chi connectivity index (χ2n) is 6.05. The molecule has 0 bridgehead atoms. The molecule has 0 radical (unpaired) electrons. The molecule has 2 N–H and O–H groups in total. The smallest absolute Gasteiger partial charge is 0.127 e. The third-order valence-corrected chi connectivity index (χ3v) is 4.64. The highest BCUT2D eigenvalue weighted by Gasteiger charge is 2.21. The average molecular weight is 282 g/mol. The van der Waals surface area contributed by atoms with Crippen LogP contribution in [-0.4, -0.2) is 10.2 Å². The summed E-state index contributed by atoms with van der Waals surface area (Å²) in [5, 5.41) is 21.0. The minimum atomic E-state index is 0.258. The van der Waals surface area contributed by atoms with Gasteiger partial charge in [-0.25, -0.2) is 0 Å². The van der Waals surface area contributed by atoms with Crippen molar-refractivity contribution in [2.75, 3.05) is 0 Å². The summed E-state index contributed by atoms with van der Waals surface area (Å²) in [6.07, 6.45) is 6.08. The molecular weight excluding hydrogens is 260 g/mol. The Morgan fingerprint density at radius 3 is 2.14 bits per heavy atom. The largest absolute Gasteiger partial charge is 0.507 e. The van der Waals surface area contributed by atoms with Crippen LogP contribution in [0.5, 0.6) is 11.5 Å². The van der Waals surface area contributed by atoms with Gasteiger partial charge in [-0.15, -0.1) is 0 Å². The third kappa shape index (κ3) is 2.63. The molecule has 1 aliphatic carbocycles. The number of para-hydroxylation sites is 2. The summed E-state index contributed by atoms with van der Waals surface area (Å²) in [5.41, 5.74) is 3.31. The summed E-state index contributed by atoms with van der Waals surface area (Å²) in [6.45, 7) is 1.88. The first-order chi connectivity index (χ1) is 10.2. The first-order valence-electron chi connectivity index (χ1n) is 7.79. The Bertz CT molecular complexity index is 640. The Kier molecular flexibility index (Phi) is 3.87. The van der Waals surface area contributed by atoms with Crippen LogP contribution in [0, 0.1) is 6.92 Å². The summed E-state index contributed by atoms with van der Waals surface area (Å²) in [7, 11) is 0. The maximum absolute atomic E-state index is 10.7. The lowest BCUT2D eigenvalue weighted by atomic mass is 9.82. The molecule has 21 heavy (non-hydrogen) atoms. The lowest BCUT2D eigenvalue weighted by Crippen LogP contribution is -2.05. The predicted octanol–water partition coefficient (Wildman–Crippen LogP) is 5.12. The van der Waals surface area contributed by atoms with Crippen molar-refractivity contribution in [1.82, 2.24) is 0 Å². The highest BCUT2D eigenvalue weighted by Crippen LogP contribution is 2.43. The van der Waals surface area contributed by atoms with E-state index < -0.39 is 0 Å². The Balaban J connectivity index is 2.06. The van der Waals surface area contributed by atoms with Gasteiger partial charge >= 0.3 is 0 Å². The van der Waals surface area contributed by atoms with Crippen LogP contribution < -0.4 is 0 Å². The standard InChI is InChI=1S/C19H22O2/c1-13-7-5-11-16(18(13)20)17-12-6-10-15(19(17)21)14-8-3-2-4-9-14/h5-7,10-12,14,20-21H,2-4,8-9H2,1H3. The second kappa shape index (κ2) is 5.80. The van der Waals surface area contributed by atoms with Gasteiger partial charge in [0.15, 0.2) is 0 Å². The molecule has 1 aliphatic rings. The van der Waals surface area contributed by atoms with Crippen LogP contribution in [0.15, 0.2) is 36.4 Å². The molecule has 0 amide bonds. The Morgan fingerprint density at radius 1 is 0.810 bits per heavy atom. The minimum Gasteiger partial charge on any atom is -0.507 e. The van der Waals surface area contributed by atoms with Crippen LogP contribution in [0.25, 0.3) is 11.1 Å². The zero-order valence-electron chi connectivity index (χ0n) is 12.5. The summed E-state index contributed by atoms with van der Waals surface area (Å²) in [6, 6.07) is 11.6. The van der Waals surface area contributed by atoms with E-state index in [2.05, 4.69) is 0 Å². The summed E-state index contributed by atoms with van der Waals surface area (Å²) in [5.74, 6) is 1.05. The van der Waals surface area contributed by atoms with Gasteiger partial charge in [0.1, 0.15) is 11.5 Å². The molecule has 0 heterocycles. The quantitative estimate of drug-likeness (QED) is 0.802. The Morgan fingerprint density at radius 2 is 1.43 bits per heavy atom. The number of phenols is 2. The van der Waals surface area contributed by atoms with Gasteiger partial charge in [0.05, 0.1) is 0 Å². The van der Waals surface area contributed by atoms with Gasteiger partial charge in [-0.1, -0.05) is 55.7 Å². The first-order valence-corrected chi connectivity index (χ1v) is 7.79. The van der Waals surface area contributed by atoms with Gasteiger partial charge in [0, 0.05) is 11.1 Å². The topological polar surface area (TPSA) is 40.5 Å². The molecule has 0 atom stereocenters. The predicted molar refractivity (Wildman–Crippen MR) is 85.8 cm³/mol. The molecule has 0 unspecified atom stereocenters. The van der Waals surface area contributed by atoms with E-state index in [4.69, 9.17) is 0 Å². The molecule has 0 spiro atoms. The molecule has 1 fully saturated rings. The van der Waals surface area contributed by atoms with Crippen molar-refractivity contribution in [2.45, 2.75) is 44.9 Å². The van der Waals surface area contributed by atoms with Crippen molar-refractivity contribution < 1.29 is 10.2 Å². The molecule has 0 saturated heterocycles. The summed E-state index contributed by atoms with van der Waals surface area (Å²) < 4.78 is 0. The Hall–Kier alpha value is -1.96. The van der Waals surface area contributed by atoms with Gasteiger partial charge in [0.25, 0.3) is 0 Å². The molecule has 0 aromatic heterocycles. The maximum atomic E-state index is 10.7. The van der Waals surface area contributed by atoms with Crippen LogP contribution in [0.3, 0.4) is 0 Å². The number of hydrogen-bond donors (Lipinski definition) is 2. The first kappa shape index (κ1) is 14.0. The fourth-order valence-electron chi connectivity index (χ4n) is 3.40. The highest BCUT2D eigenvalue weighted by molar-refractivity contribution is 5.77. The van der Waals surface area contributed by atoms with Crippen LogP contribution >= 0.6 is 0 Å². The third-order valence-electron chi connectivity index (χ3n) is 4.64. The van der Waals surface area contributed by atoms with Crippen molar-refractivity contribution in [3.05, 3.63) is 47.5 Å². The van der Waals surface area contributed by atoms with Crippen molar-refractivity contribution in [2.24, 2.45) is 0 Å². The summed E-state index contributed by atoms with van der Waals surface area (Å²) in [4.78, 5) is 0. The molecule has 1 saturated carbocycles. The minimum absolute atomic E-state index is 0.258. The van der Waals surface area contributed by atoms with Crippen molar-refractivity contribution in [3.8, 4) is 22.6 Å². The second-order valence-corrected chi connectivity index (χ2v) is 6.05. The number of aryl methyl sites for hydroxylation is 1. The van der Waals surface area contributed by atoms with Crippen LogP contribution in [0.2, 0.25) is 0 Å². The molecule has 2 aromatic rings. The molecular formula is C19H22O2. The van der Waals surface area contributed by atoms with E-state index in [0.717, 1.165) is 29.5 Å². The average Bonchev–Trinajstić information content (AvgIpc) is 2.52. The number of benzene rings is 2. The zero-order valence-corrected chi connectivity index (χ0v) is 12.5. The number of aromatic hydroxyl groups is 2. The molecule has 110 valence electrons.